The van der Waals surface area contributed by atoms with Gasteiger partial charge in [-0.2, -0.15) is 15.8 Å². The molecule has 0 radical (unpaired) electrons. The first-order valence-electron chi connectivity index (χ1n) is 28.3. The van der Waals surface area contributed by atoms with Crippen LogP contribution in [0.4, 0.5) is 0 Å². The molecule has 2 N–H and O–H groups in total. The van der Waals surface area contributed by atoms with Gasteiger partial charge < -0.3 is 20.1 Å². The first-order chi connectivity index (χ1) is 42.1. The number of esters is 2. The maximum Gasteiger partial charge on any atom is 1.00 e. The maximum atomic E-state index is 12.1. The summed E-state index contributed by atoms with van der Waals surface area (Å²) in [6.07, 6.45) is 13.1. The molecule has 89 heavy (non-hydrogen) atoms. The molecule has 12 rings (SSSR count). The number of ether oxygens (including phenoxy) is 2. The fourth-order valence-electron chi connectivity index (χ4n) is 11.3. The van der Waals surface area contributed by atoms with Crippen LogP contribution in [0, 0.1) is 44.8 Å². The number of aromatic nitrogens is 3. The predicted molar refractivity (Wildman–Crippen MR) is 345 cm³/mol. The van der Waals surface area contributed by atoms with Crippen LogP contribution in [0.2, 0.25) is 0 Å². The minimum Gasteiger partial charge on any atom is -0.870 e. The van der Waals surface area contributed by atoms with E-state index in [0.29, 0.717) is 42.4 Å². The number of rotatable bonds is 12. The molecule has 0 atom stereocenters. The molecule has 0 saturated heterocycles. The minimum absolute atomic E-state index is 0. The molecule has 12 aromatic rings. The van der Waals surface area contributed by atoms with Crippen LogP contribution in [0.25, 0.3) is 98.0 Å². The Hall–Kier alpha value is -10.6. The summed E-state index contributed by atoms with van der Waals surface area (Å²) >= 11 is 0. The number of aliphatic carboxylic acids is 1. The van der Waals surface area contributed by atoms with Crippen molar-refractivity contribution in [2.24, 2.45) is 10.8 Å². The topological polar surface area (TPSA) is 230 Å². The second-order valence-corrected chi connectivity index (χ2v) is 22.7. The van der Waals surface area contributed by atoms with Gasteiger partial charge in [-0.1, -0.05) is 146 Å². The number of benzene rings is 9. The summed E-state index contributed by atoms with van der Waals surface area (Å²) in [4.78, 5) is 48.4. The first-order valence-corrected chi connectivity index (χ1v) is 28.3. The molecule has 0 aliphatic carbocycles. The summed E-state index contributed by atoms with van der Waals surface area (Å²) in [5.41, 5.74) is 9.66. The van der Waals surface area contributed by atoms with Crippen molar-refractivity contribution in [3.63, 3.8) is 0 Å². The third kappa shape index (κ3) is 13.7. The van der Waals surface area contributed by atoms with Crippen LogP contribution in [-0.4, -0.2) is 57.7 Å². The molecule has 0 unspecified atom stereocenters. The zero-order chi connectivity index (χ0) is 61.4. The zero-order valence-electron chi connectivity index (χ0n) is 50.5. The smallest absolute Gasteiger partial charge is 0.870 e. The molecule has 0 saturated carbocycles. The van der Waals surface area contributed by atoms with Crippen LogP contribution in [-0.2, 0) is 43.1 Å². The van der Waals surface area contributed by atoms with E-state index >= 15 is 0 Å². The van der Waals surface area contributed by atoms with E-state index in [1.54, 1.807) is 13.8 Å². The zero-order valence-corrected chi connectivity index (χ0v) is 50.5. The van der Waals surface area contributed by atoms with Gasteiger partial charge in [0.2, 0.25) is 0 Å². The van der Waals surface area contributed by atoms with Gasteiger partial charge in [-0.25, -0.2) is 0 Å². The van der Waals surface area contributed by atoms with E-state index in [1.165, 1.54) is 14.2 Å². The van der Waals surface area contributed by atoms with E-state index < -0.39 is 16.8 Å². The van der Waals surface area contributed by atoms with Crippen LogP contribution in [0.5, 0.6) is 0 Å². The fraction of sp³-hybridized carbons (Fsp3) is 0.160. The number of carbonyl (C=O) groups is 3. The van der Waals surface area contributed by atoms with Gasteiger partial charge in [0.1, 0.15) is 0 Å². The van der Waals surface area contributed by atoms with Crippen molar-refractivity contribution in [3.05, 3.63) is 234 Å². The molecule has 0 fully saturated rings. The maximum absolute atomic E-state index is 12.1. The normalized spacial score (nSPS) is 11.0. The Morgan fingerprint density at radius 3 is 1.10 bits per heavy atom. The number of carboxylic acid groups (broad SMARTS) is 1. The molecule has 0 aliphatic rings. The van der Waals surface area contributed by atoms with E-state index in [0.717, 1.165) is 115 Å². The molecule has 434 valence electrons. The average molecular weight is 1170 g/mol. The van der Waals surface area contributed by atoms with Gasteiger partial charge in [-0.3, -0.25) is 29.3 Å². The fourth-order valence-corrected chi connectivity index (χ4v) is 11.3. The van der Waals surface area contributed by atoms with Crippen LogP contribution < -0.4 is 18.9 Å². The van der Waals surface area contributed by atoms with Crippen LogP contribution in [0.3, 0.4) is 0 Å². The van der Waals surface area contributed by atoms with Gasteiger partial charge in [0.05, 0.1) is 59.9 Å². The van der Waals surface area contributed by atoms with E-state index in [9.17, 15) is 35.3 Å². The van der Waals surface area contributed by atoms with Crippen molar-refractivity contribution in [2.45, 2.75) is 53.4 Å². The number of aryl methyl sites for hydroxylation is 1. The van der Waals surface area contributed by atoms with E-state index in [4.69, 9.17) is 9.47 Å². The number of pyridine rings is 3. The number of nitriles is 3. The quantitative estimate of drug-likeness (QED) is 0.0887. The van der Waals surface area contributed by atoms with Gasteiger partial charge in [0, 0.05) is 92.6 Å². The van der Waals surface area contributed by atoms with Gasteiger partial charge in [0.25, 0.3) is 0 Å². The van der Waals surface area contributed by atoms with Gasteiger partial charge in [-0.05, 0) is 131 Å². The molecule has 3 heterocycles. The minimum atomic E-state index is -0.845. The van der Waals surface area contributed by atoms with E-state index in [1.807, 2.05) is 197 Å². The summed E-state index contributed by atoms with van der Waals surface area (Å²) in [7, 11) is 2.83. The van der Waals surface area contributed by atoms with Crippen molar-refractivity contribution in [2.75, 3.05) is 14.2 Å². The Kier molecular flexibility index (Phi) is 20.2. The summed E-state index contributed by atoms with van der Waals surface area (Å²) < 4.78 is 9.71. The standard InChI is InChI=1S/C26H22N2O2.C25H20N2O2.C24H18N2O2.Li.H2O/c1-26(2,25(29)30-3)13-17-8-9-19-15-28-16-24(23(19)12-17)22-11-10-18(14-27)20-6-4-5-7-21(20)22;1-25(2,24(28)29)12-16-7-8-18-14-27-15-23(22(18)11-16)21-10-9-17(13-26)19-5-3-4-6-20(19)21;1-28-24(27)11-7-16-6-8-18-14-26-15-23(22(18)12-16)21-10-9-17(13-25)19-4-2-3-5-20(19)21;;/h4-12,15-16H,13H2,1-3H3;3-11,14-15H,12H2,1-2H3,(H,28,29);2-6,8-10,12,14-15H,7,11H2,1H3;;1H2/q;;;+1;/p-1. The van der Waals surface area contributed by atoms with E-state index in [2.05, 4.69) is 51.4 Å². The van der Waals surface area contributed by atoms with Crippen LogP contribution in [0.1, 0.15) is 67.5 Å². The Morgan fingerprint density at radius 1 is 0.427 bits per heavy atom. The Balaban J connectivity index is 0.000000171. The number of nitrogens with zero attached hydrogens (tertiary/aromatic N) is 6. The third-order valence-electron chi connectivity index (χ3n) is 15.9. The van der Waals surface area contributed by atoms with Crippen LogP contribution in [0.15, 0.2) is 201 Å². The summed E-state index contributed by atoms with van der Waals surface area (Å²) in [6.45, 7) is 7.26. The Morgan fingerprint density at radius 2 is 0.764 bits per heavy atom. The predicted octanol–water partition coefficient (Wildman–Crippen LogP) is 13.1. The van der Waals surface area contributed by atoms with Gasteiger partial charge in [-0.15, -0.1) is 0 Å². The number of carboxylic acids is 1. The molecular formula is C75H61LiN6O7. The third-order valence-corrected chi connectivity index (χ3v) is 15.9. The van der Waals surface area contributed by atoms with Gasteiger partial charge >= 0.3 is 36.8 Å². The van der Waals surface area contributed by atoms with Crippen molar-refractivity contribution in [1.82, 2.24) is 15.0 Å². The molecular weight excluding hydrogens is 1100 g/mol. The van der Waals surface area contributed by atoms with Crippen molar-refractivity contribution in [3.8, 4) is 51.6 Å². The molecule has 0 bridgehead atoms. The SMILES string of the molecule is CC(C)(Cc1ccc2cncc(-c3ccc(C#N)c4ccccc34)c2c1)C(=O)O.COC(=O)C(C)(C)Cc1ccc2cncc(-c3ccc(C#N)c4ccccc34)c2c1.COC(=O)CCc1ccc2cncc(-c3ccc(C#N)c4ccccc34)c2c1.[Li+].[OH-]. The largest absolute Gasteiger partial charge is 1.00 e. The summed E-state index contributed by atoms with van der Waals surface area (Å²) in [5, 5.41) is 49.9. The average Bonchev–Trinajstić information content (AvgIpc) is 1.08. The number of hydrogen-bond donors (Lipinski definition) is 1. The number of hydrogen-bond acceptors (Lipinski definition) is 12. The van der Waals surface area contributed by atoms with Crippen molar-refractivity contribution < 1.29 is 53.3 Å². The Labute approximate surface area is 528 Å². The van der Waals surface area contributed by atoms with Crippen molar-refractivity contribution in [1.29, 1.82) is 15.8 Å². The van der Waals surface area contributed by atoms with E-state index in [-0.39, 0.29) is 36.3 Å². The monoisotopic (exact) mass is 1160 g/mol. The molecule has 0 amide bonds. The molecule has 14 heteroatoms. The second kappa shape index (κ2) is 27.9. The molecule has 9 aromatic carbocycles. The number of methoxy groups -OCH3 is 2. The Bertz CT molecular complexity index is 4830. The molecule has 0 spiro atoms. The summed E-state index contributed by atoms with van der Waals surface area (Å²) in [6, 6.07) is 60.4. The van der Waals surface area contributed by atoms with Crippen LogP contribution >= 0.6 is 0 Å². The molecule has 0 aliphatic heterocycles. The number of carbonyl (C=O) groups excluding carboxylic acids is 2. The second-order valence-electron chi connectivity index (χ2n) is 22.7. The summed E-state index contributed by atoms with van der Waals surface area (Å²) in [5.74, 6) is -1.26. The number of fused-ring (bicyclic) bond motifs is 6. The molecule has 3 aromatic heterocycles. The molecule has 13 nitrogen and oxygen atoms in total. The van der Waals surface area contributed by atoms with Crippen molar-refractivity contribution >= 4 is 82.5 Å². The first kappa shape index (κ1) is 64.4. The van der Waals surface area contributed by atoms with Gasteiger partial charge in [0.15, 0.2) is 0 Å².